The molecule has 0 amide bonds. The number of rotatable bonds is 7. The van der Waals surface area contributed by atoms with E-state index in [4.69, 9.17) is 0 Å². The molecule has 2 N–H and O–H groups in total. The number of hydrogen-bond donors (Lipinski definition) is 2. The largest absolute Gasteiger partial charge is 0.345 e. The number of aromatic nitrogens is 5. The fraction of sp³-hybridized carbons (Fsp3) is 0.0370. The lowest BCUT2D eigenvalue weighted by molar-refractivity contribution is 0.103. The fourth-order valence-corrected chi connectivity index (χ4v) is 6.18. The fourth-order valence-electron chi connectivity index (χ4n) is 4.23. The van der Waals surface area contributed by atoms with Gasteiger partial charge in [0, 0.05) is 46.7 Å². The van der Waals surface area contributed by atoms with E-state index in [1.807, 2.05) is 16.2 Å². The van der Waals surface area contributed by atoms with Gasteiger partial charge in [0.05, 0.1) is 21.8 Å². The second-order valence-corrected chi connectivity index (χ2v) is 11.4. The van der Waals surface area contributed by atoms with Gasteiger partial charge in [-0.3, -0.25) is 14.1 Å². The Morgan fingerprint density at radius 3 is 2.68 bits per heavy atom. The Morgan fingerprint density at radius 1 is 1.10 bits per heavy atom. The normalized spacial score (nSPS) is 11.7. The summed E-state index contributed by atoms with van der Waals surface area (Å²) >= 11 is 1.37. The molecule has 4 aromatic heterocycles. The number of pyridine rings is 1. The smallest absolute Gasteiger partial charge is 0.262 e. The van der Waals surface area contributed by atoms with Crippen molar-refractivity contribution >= 4 is 43.9 Å². The van der Waals surface area contributed by atoms with E-state index < -0.39 is 49.4 Å². The van der Waals surface area contributed by atoms with Crippen molar-refractivity contribution in [3.8, 4) is 16.4 Å². The van der Waals surface area contributed by atoms with E-state index in [1.165, 1.54) is 23.6 Å². The molecule has 0 saturated carbocycles. The Balaban J connectivity index is 1.36. The molecule has 0 atom stereocenters. The van der Waals surface area contributed by atoms with Crippen LogP contribution < -0.4 is 4.72 Å². The lowest BCUT2D eigenvalue weighted by Gasteiger charge is -2.12. The third-order valence-electron chi connectivity index (χ3n) is 6.26. The zero-order valence-corrected chi connectivity index (χ0v) is 22.5. The highest BCUT2D eigenvalue weighted by molar-refractivity contribution is 7.92. The third kappa shape index (κ3) is 4.76. The summed E-state index contributed by atoms with van der Waals surface area (Å²) in [4.78, 5) is 28.9. The highest BCUT2D eigenvalue weighted by atomic mass is 32.2. The molecule has 9 nitrogen and oxygen atoms in total. The van der Waals surface area contributed by atoms with Crippen molar-refractivity contribution in [2.45, 2.75) is 11.8 Å². The van der Waals surface area contributed by atoms with Gasteiger partial charge in [0.25, 0.3) is 10.0 Å². The van der Waals surface area contributed by atoms with Crippen LogP contribution in [0.2, 0.25) is 0 Å². The first-order chi connectivity index (χ1) is 19.6. The molecular formula is C27H17F3N6O3S2. The highest BCUT2D eigenvalue weighted by Crippen LogP contribution is 2.31. The molecular weight excluding hydrogens is 577 g/mol. The molecule has 0 unspecified atom stereocenters. The van der Waals surface area contributed by atoms with Crippen LogP contribution in [0.5, 0.6) is 0 Å². The van der Waals surface area contributed by atoms with Crippen molar-refractivity contribution in [1.82, 2.24) is 24.5 Å². The molecule has 4 heterocycles. The van der Waals surface area contributed by atoms with E-state index in [0.717, 1.165) is 36.2 Å². The zero-order chi connectivity index (χ0) is 28.9. The number of hydrogen-bond acceptors (Lipinski definition) is 7. The van der Waals surface area contributed by atoms with Gasteiger partial charge in [0.1, 0.15) is 23.1 Å². The van der Waals surface area contributed by atoms with E-state index >= 15 is 4.39 Å². The average Bonchev–Trinajstić information content (AvgIpc) is 3.69. The number of halogens is 3. The second kappa shape index (κ2) is 9.98. The lowest BCUT2D eigenvalue weighted by atomic mass is 10.0. The number of anilines is 1. The summed E-state index contributed by atoms with van der Waals surface area (Å²) in [5.41, 5.74) is -0.313. The van der Waals surface area contributed by atoms with Gasteiger partial charge in [-0.15, -0.1) is 11.3 Å². The second-order valence-electron chi connectivity index (χ2n) is 8.86. The van der Waals surface area contributed by atoms with Gasteiger partial charge < -0.3 is 4.98 Å². The molecule has 6 aromatic rings. The van der Waals surface area contributed by atoms with E-state index in [1.54, 1.807) is 30.0 Å². The van der Waals surface area contributed by atoms with Crippen LogP contribution in [0, 0.1) is 24.4 Å². The first-order valence-corrected chi connectivity index (χ1v) is 14.2. The number of imidazole rings is 1. The number of fused-ring (bicyclic) bond motifs is 1. The van der Waals surface area contributed by atoms with Crippen molar-refractivity contribution in [3.63, 3.8) is 0 Å². The molecule has 206 valence electrons. The summed E-state index contributed by atoms with van der Waals surface area (Å²) in [6, 6.07) is 7.31. The zero-order valence-electron chi connectivity index (χ0n) is 20.9. The maximum absolute atomic E-state index is 15.5. The topological polar surface area (TPSA) is 123 Å². The van der Waals surface area contributed by atoms with Gasteiger partial charge in [-0.05, 0) is 43.3 Å². The van der Waals surface area contributed by atoms with Crippen molar-refractivity contribution < 1.29 is 26.4 Å². The van der Waals surface area contributed by atoms with Gasteiger partial charge in [-0.2, -0.15) is 0 Å². The Bertz CT molecular complexity index is 2090. The Labute approximate surface area is 234 Å². The van der Waals surface area contributed by atoms with Crippen LogP contribution in [0.1, 0.15) is 21.7 Å². The minimum absolute atomic E-state index is 0.0850. The maximum Gasteiger partial charge on any atom is 0.262 e. The first kappa shape index (κ1) is 26.4. The van der Waals surface area contributed by atoms with E-state index in [9.17, 15) is 22.0 Å². The SMILES string of the molecule is Cc1nccn1-c1nc(-c2cnc3[nH]cc(C(=O)c4c(F)ccc(NS(=O)(=O)c5cccc(F)c5)c4F)c3c2)cs1. The van der Waals surface area contributed by atoms with E-state index in [0.29, 0.717) is 22.0 Å². The van der Waals surface area contributed by atoms with Gasteiger partial charge >= 0.3 is 0 Å². The number of aryl methyl sites for hydroxylation is 1. The van der Waals surface area contributed by atoms with Crippen molar-refractivity contribution in [1.29, 1.82) is 0 Å². The number of sulfonamides is 1. The van der Waals surface area contributed by atoms with E-state index in [-0.39, 0.29) is 10.9 Å². The molecule has 14 heteroatoms. The van der Waals surface area contributed by atoms with Crippen LogP contribution in [0.15, 0.2) is 77.5 Å². The summed E-state index contributed by atoms with van der Waals surface area (Å²) < 4.78 is 73.1. The summed E-state index contributed by atoms with van der Waals surface area (Å²) in [7, 11) is -4.45. The Kier molecular flexibility index (Phi) is 6.43. The predicted octanol–water partition coefficient (Wildman–Crippen LogP) is 5.63. The molecule has 0 radical (unpaired) electrons. The number of nitrogens with one attached hydrogen (secondary N) is 2. The summed E-state index contributed by atoms with van der Waals surface area (Å²) in [6.45, 7) is 1.84. The number of aromatic amines is 1. The van der Waals surface area contributed by atoms with Crippen molar-refractivity contribution in [2.24, 2.45) is 0 Å². The first-order valence-electron chi connectivity index (χ1n) is 11.9. The van der Waals surface area contributed by atoms with Crippen LogP contribution in [-0.4, -0.2) is 38.7 Å². The Hall–Kier alpha value is -4.82. The number of thiazole rings is 1. The van der Waals surface area contributed by atoms with Crippen LogP contribution in [0.4, 0.5) is 18.9 Å². The van der Waals surface area contributed by atoms with Crippen LogP contribution in [0.3, 0.4) is 0 Å². The van der Waals surface area contributed by atoms with E-state index in [2.05, 4.69) is 19.9 Å². The highest BCUT2D eigenvalue weighted by Gasteiger charge is 2.27. The molecule has 0 aliphatic rings. The molecule has 0 saturated heterocycles. The standard InChI is InChI=1S/C27H17F3N6O3S2/c1-14-31-7-8-36(14)27-34-22(13-40-27)15-9-18-19(12-33-26(18)32-11-15)25(37)23-20(29)5-6-21(24(23)30)35-41(38,39)17-4-2-3-16(28)10-17/h2-13,35H,1H3,(H,32,33). The number of carbonyl (C=O) groups excluding carboxylic acids is 1. The van der Waals surface area contributed by atoms with Crippen LogP contribution in [0.25, 0.3) is 27.4 Å². The quantitative estimate of drug-likeness (QED) is 0.231. The van der Waals surface area contributed by atoms with Crippen LogP contribution >= 0.6 is 11.3 Å². The third-order valence-corrected chi connectivity index (χ3v) is 8.47. The average molecular weight is 595 g/mol. The molecule has 6 rings (SSSR count). The molecule has 0 aliphatic heterocycles. The summed E-state index contributed by atoms with van der Waals surface area (Å²) in [5.74, 6) is -3.72. The number of benzene rings is 2. The number of nitrogens with zero attached hydrogens (tertiary/aromatic N) is 4. The predicted molar refractivity (Wildman–Crippen MR) is 146 cm³/mol. The Morgan fingerprint density at radius 2 is 1.93 bits per heavy atom. The lowest BCUT2D eigenvalue weighted by Crippen LogP contribution is -2.16. The molecule has 0 bridgehead atoms. The molecule has 2 aromatic carbocycles. The monoisotopic (exact) mass is 594 g/mol. The van der Waals surface area contributed by atoms with Gasteiger partial charge in [-0.25, -0.2) is 36.5 Å². The van der Waals surface area contributed by atoms with Crippen molar-refractivity contribution in [3.05, 3.63) is 107 Å². The minimum atomic E-state index is -4.45. The number of H-pyrrole nitrogens is 1. The minimum Gasteiger partial charge on any atom is -0.345 e. The van der Waals surface area contributed by atoms with Gasteiger partial charge in [0.15, 0.2) is 10.9 Å². The summed E-state index contributed by atoms with van der Waals surface area (Å²) in [6.07, 6.45) is 6.25. The molecule has 0 spiro atoms. The van der Waals surface area contributed by atoms with Crippen molar-refractivity contribution in [2.75, 3.05) is 4.72 Å². The maximum atomic E-state index is 15.5. The number of ketones is 1. The molecule has 41 heavy (non-hydrogen) atoms. The van der Waals surface area contributed by atoms with Crippen LogP contribution in [-0.2, 0) is 10.0 Å². The van der Waals surface area contributed by atoms with Gasteiger partial charge in [0.2, 0.25) is 5.78 Å². The molecule has 0 fully saturated rings. The van der Waals surface area contributed by atoms with Gasteiger partial charge in [-0.1, -0.05) is 6.07 Å². The summed E-state index contributed by atoms with van der Waals surface area (Å²) in [5, 5.41) is 2.76. The molecule has 0 aliphatic carbocycles. The number of carbonyl (C=O) groups is 1.